The monoisotopic (exact) mass is 256 g/mol. The Morgan fingerprint density at radius 3 is 2.28 bits per heavy atom. The molecule has 1 amide bonds. The first kappa shape index (κ1) is 15.0. The number of hydrogen-bond acceptors (Lipinski definition) is 4. The van der Waals surface area contributed by atoms with E-state index in [1.165, 1.54) is 0 Å². The molecule has 3 N–H and O–H groups in total. The standard InChI is InChI=1S/C13H24N2O3/c1-4-18-11(16)9-5-7-10(8-6-9)15-12(17)13(2,3)14/h9-10H,4-8,14H2,1-3H3,(H,15,17). The first-order valence-corrected chi connectivity index (χ1v) is 6.61. The maximum absolute atomic E-state index is 11.7. The Morgan fingerprint density at radius 2 is 1.83 bits per heavy atom. The lowest BCUT2D eigenvalue weighted by Crippen LogP contribution is -2.52. The van der Waals surface area contributed by atoms with Crippen LogP contribution in [0.1, 0.15) is 46.5 Å². The van der Waals surface area contributed by atoms with Gasteiger partial charge < -0.3 is 15.8 Å². The minimum Gasteiger partial charge on any atom is -0.466 e. The number of carbonyl (C=O) groups excluding carboxylic acids is 2. The largest absolute Gasteiger partial charge is 0.466 e. The van der Waals surface area contributed by atoms with Crippen molar-refractivity contribution in [1.29, 1.82) is 0 Å². The molecule has 0 aromatic heterocycles. The number of carbonyl (C=O) groups is 2. The van der Waals surface area contributed by atoms with Crippen molar-refractivity contribution in [3.63, 3.8) is 0 Å². The van der Waals surface area contributed by atoms with Gasteiger partial charge >= 0.3 is 5.97 Å². The summed E-state index contributed by atoms with van der Waals surface area (Å²) in [5.74, 6) is -0.257. The van der Waals surface area contributed by atoms with E-state index in [-0.39, 0.29) is 23.8 Å². The first-order valence-electron chi connectivity index (χ1n) is 6.61. The normalized spacial score (nSPS) is 24.4. The van der Waals surface area contributed by atoms with Crippen LogP contribution >= 0.6 is 0 Å². The number of nitrogens with one attached hydrogen (secondary N) is 1. The third-order valence-electron chi connectivity index (χ3n) is 3.27. The fraction of sp³-hybridized carbons (Fsp3) is 0.846. The molecular weight excluding hydrogens is 232 g/mol. The fourth-order valence-electron chi connectivity index (χ4n) is 2.10. The van der Waals surface area contributed by atoms with Gasteiger partial charge in [-0.3, -0.25) is 9.59 Å². The molecule has 0 heterocycles. The number of amides is 1. The highest BCUT2D eigenvalue weighted by Crippen LogP contribution is 2.25. The number of ether oxygens (including phenoxy) is 1. The summed E-state index contributed by atoms with van der Waals surface area (Å²) in [6.07, 6.45) is 3.17. The van der Waals surface area contributed by atoms with Crippen molar-refractivity contribution in [3.05, 3.63) is 0 Å². The van der Waals surface area contributed by atoms with E-state index in [9.17, 15) is 9.59 Å². The third-order valence-corrected chi connectivity index (χ3v) is 3.27. The van der Waals surface area contributed by atoms with Crippen LogP contribution in [0, 0.1) is 5.92 Å². The topological polar surface area (TPSA) is 81.4 Å². The highest BCUT2D eigenvalue weighted by Gasteiger charge is 2.30. The highest BCUT2D eigenvalue weighted by molar-refractivity contribution is 5.85. The van der Waals surface area contributed by atoms with E-state index in [1.807, 2.05) is 6.92 Å². The van der Waals surface area contributed by atoms with Crippen LogP contribution < -0.4 is 11.1 Å². The van der Waals surface area contributed by atoms with E-state index in [1.54, 1.807) is 13.8 Å². The van der Waals surface area contributed by atoms with E-state index in [4.69, 9.17) is 10.5 Å². The molecular formula is C13H24N2O3. The maximum Gasteiger partial charge on any atom is 0.308 e. The molecule has 0 aliphatic heterocycles. The SMILES string of the molecule is CCOC(=O)C1CCC(NC(=O)C(C)(C)N)CC1. The van der Waals surface area contributed by atoms with E-state index < -0.39 is 5.54 Å². The zero-order valence-corrected chi connectivity index (χ0v) is 11.5. The van der Waals surface area contributed by atoms with Gasteiger partial charge in [-0.05, 0) is 46.5 Å². The van der Waals surface area contributed by atoms with Gasteiger partial charge in [-0.15, -0.1) is 0 Å². The lowest BCUT2D eigenvalue weighted by molar-refractivity contribution is -0.149. The smallest absolute Gasteiger partial charge is 0.308 e. The predicted octanol–water partition coefficient (Wildman–Crippen LogP) is 0.962. The van der Waals surface area contributed by atoms with Gasteiger partial charge in [-0.1, -0.05) is 0 Å². The molecule has 0 aromatic carbocycles. The second-order valence-electron chi connectivity index (χ2n) is 5.50. The molecule has 0 radical (unpaired) electrons. The van der Waals surface area contributed by atoms with Crippen LogP contribution in [0.5, 0.6) is 0 Å². The molecule has 1 rings (SSSR count). The Balaban J connectivity index is 2.36. The van der Waals surface area contributed by atoms with Crippen molar-refractivity contribution in [2.45, 2.75) is 58.0 Å². The highest BCUT2D eigenvalue weighted by atomic mass is 16.5. The first-order chi connectivity index (χ1) is 8.34. The van der Waals surface area contributed by atoms with Gasteiger partial charge in [-0.2, -0.15) is 0 Å². The Morgan fingerprint density at radius 1 is 1.28 bits per heavy atom. The van der Waals surface area contributed by atoms with Crippen molar-refractivity contribution in [1.82, 2.24) is 5.32 Å². The average Bonchev–Trinajstić information content (AvgIpc) is 2.29. The Labute approximate surface area is 108 Å². The van der Waals surface area contributed by atoms with Crippen LogP contribution in [0.15, 0.2) is 0 Å². The lowest BCUT2D eigenvalue weighted by Gasteiger charge is -2.30. The Bertz CT molecular complexity index is 302. The van der Waals surface area contributed by atoms with Gasteiger partial charge in [0.05, 0.1) is 18.1 Å². The summed E-state index contributed by atoms with van der Waals surface area (Å²) in [6, 6.07) is 0.131. The van der Waals surface area contributed by atoms with E-state index in [2.05, 4.69) is 5.32 Å². The van der Waals surface area contributed by atoms with Crippen molar-refractivity contribution >= 4 is 11.9 Å². The molecule has 0 atom stereocenters. The van der Waals surface area contributed by atoms with Crippen LogP contribution in [-0.4, -0.2) is 30.1 Å². The Hall–Kier alpha value is -1.10. The molecule has 1 aliphatic rings. The molecule has 5 heteroatoms. The van der Waals surface area contributed by atoms with Gasteiger partial charge in [0.2, 0.25) is 5.91 Å². The summed E-state index contributed by atoms with van der Waals surface area (Å²) >= 11 is 0. The molecule has 18 heavy (non-hydrogen) atoms. The molecule has 104 valence electrons. The fourth-order valence-corrected chi connectivity index (χ4v) is 2.10. The van der Waals surface area contributed by atoms with Crippen molar-refractivity contribution in [3.8, 4) is 0 Å². The number of nitrogens with two attached hydrogens (primary N) is 1. The van der Waals surface area contributed by atoms with Gasteiger partial charge in [0.15, 0.2) is 0 Å². The summed E-state index contributed by atoms with van der Waals surface area (Å²) in [6.45, 7) is 5.61. The molecule has 0 aromatic rings. The average molecular weight is 256 g/mol. The lowest BCUT2D eigenvalue weighted by atomic mass is 9.85. The molecule has 5 nitrogen and oxygen atoms in total. The molecule has 0 bridgehead atoms. The van der Waals surface area contributed by atoms with Crippen LogP contribution in [0.3, 0.4) is 0 Å². The molecule has 1 saturated carbocycles. The molecule has 1 fully saturated rings. The van der Waals surface area contributed by atoms with Crippen molar-refractivity contribution in [2.24, 2.45) is 11.7 Å². The number of rotatable bonds is 4. The van der Waals surface area contributed by atoms with Crippen molar-refractivity contribution in [2.75, 3.05) is 6.61 Å². The summed E-state index contributed by atoms with van der Waals surface area (Å²) in [5.41, 5.74) is 4.88. The van der Waals surface area contributed by atoms with Crippen LogP contribution in [-0.2, 0) is 14.3 Å². The Kier molecular flexibility index (Phi) is 5.14. The van der Waals surface area contributed by atoms with Crippen molar-refractivity contribution < 1.29 is 14.3 Å². The van der Waals surface area contributed by atoms with Gasteiger partial charge in [-0.25, -0.2) is 0 Å². The van der Waals surface area contributed by atoms with Gasteiger partial charge in [0, 0.05) is 6.04 Å². The van der Waals surface area contributed by atoms with E-state index in [0.29, 0.717) is 6.61 Å². The molecule has 0 unspecified atom stereocenters. The van der Waals surface area contributed by atoms with Crippen LogP contribution in [0.2, 0.25) is 0 Å². The quantitative estimate of drug-likeness (QED) is 0.734. The maximum atomic E-state index is 11.7. The van der Waals surface area contributed by atoms with Crippen LogP contribution in [0.4, 0.5) is 0 Å². The van der Waals surface area contributed by atoms with Crippen LogP contribution in [0.25, 0.3) is 0 Å². The summed E-state index contributed by atoms with van der Waals surface area (Å²) in [4.78, 5) is 23.3. The predicted molar refractivity (Wildman–Crippen MR) is 68.8 cm³/mol. The second kappa shape index (κ2) is 6.18. The zero-order valence-electron chi connectivity index (χ0n) is 11.5. The van der Waals surface area contributed by atoms with E-state index in [0.717, 1.165) is 25.7 Å². The van der Waals surface area contributed by atoms with E-state index >= 15 is 0 Å². The van der Waals surface area contributed by atoms with Gasteiger partial charge in [0.25, 0.3) is 0 Å². The minimum absolute atomic E-state index is 0.0102. The molecule has 0 spiro atoms. The molecule has 0 saturated heterocycles. The zero-order chi connectivity index (χ0) is 13.8. The minimum atomic E-state index is -0.849. The number of hydrogen-bond donors (Lipinski definition) is 2. The second-order valence-corrected chi connectivity index (χ2v) is 5.50. The summed E-state index contributed by atoms with van der Waals surface area (Å²) in [5, 5.41) is 2.93. The summed E-state index contributed by atoms with van der Waals surface area (Å²) in [7, 11) is 0. The molecule has 1 aliphatic carbocycles. The number of esters is 1. The summed E-state index contributed by atoms with van der Waals surface area (Å²) < 4.78 is 5.01. The van der Waals surface area contributed by atoms with Gasteiger partial charge in [0.1, 0.15) is 0 Å². The third kappa shape index (κ3) is 4.29.